The van der Waals surface area contributed by atoms with Gasteiger partial charge in [-0.1, -0.05) is 29.8 Å². The molecule has 2 rings (SSSR count). The maximum Gasteiger partial charge on any atom is 0.237 e. The number of rotatable bonds is 1. The zero-order valence-electron chi connectivity index (χ0n) is 9.98. The Labute approximate surface area is 113 Å². The number of anilines is 1. The van der Waals surface area contributed by atoms with Gasteiger partial charge in [-0.05, 0) is 18.2 Å². The van der Waals surface area contributed by atoms with Gasteiger partial charge in [-0.25, -0.2) is 4.90 Å². The predicted molar refractivity (Wildman–Crippen MR) is 69.7 cm³/mol. The number of hydrogen-bond donors (Lipinski definition) is 0. The third-order valence-corrected chi connectivity index (χ3v) is 3.78. The number of benzene rings is 1. The van der Waals surface area contributed by atoms with E-state index >= 15 is 0 Å². The number of hydrogen-bond acceptors (Lipinski definition) is 3. The van der Waals surface area contributed by atoms with E-state index in [0.717, 1.165) is 9.37 Å². The fourth-order valence-corrected chi connectivity index (χ4v) is 2.33. The van der Waals surface area contributed by atoms with Gasteiger partial charge in [0.2, 0.25) is 11.8 Å². The van der Waals surface area contributed by atoms with Crippen LogP contribution in [0.5, 0.6) is 0 Å². The lowest BCUT2D eigenvalue weighted by molar-refractivity contribution is -0.122. The van der Waals surface area contributed by atoms with E-state index in [1.165, 1.54) is 0 Å². The minimum atomic E-state index is -0.340. The second-order valence-corrected chi connectivity index (χ2v) is 5.28. The number of carbonyl (C=O) groups is 2. The highest BCUT2D eigenvalue weighted by molar-refractivity contribution is 9.10. The monoisotopic (exact) mass is 306 g/mol. The van der Waals surface area contributed by atoms with E-state index in [1.807, 2.05) is 6.07 Å². The first kappa shape index (κ1) is 12.8. The van der Waals surface area contributed by atoms with E-state index in [-0.39, 0.29) is 23.7 Å². The molecule has 1 aromatic rings. The molecule has 1 heterocycles. The molecule has 0 N–H and O–H groups in total. The first-order chi connectivity index (χ1) is 8.47. The quantitative estimate of drug-likeness (QED) is 0.749. The number of amides is 2. The molecule has 0 aromatic heterocycles. The molecule has 2 unspecified atom stereocenters. The van der Waals surface area contributed by atoms with Crippen molar-refractivity contribution in [1.82, 2.24) is 0 Å². The molecule has 0 aliphatic carbocycles. The van der Waals surface area contributed by atoms with Crippen LogP contribution in [0.25, 0.3) is 0 Å². The van der Waals surface area contributed by atoms with Gasteiger partial charge in [-0.15, -0.1) is 0 Å². The van der Waals surface area contributed by atoms with Gasteiger partial charge in [0.05, 0.1) is 11.3 Å². The van der Waals surface area contributed by atoms with Gasteiger partial charge in [0.1, 0.15) is 6.07 Å². The largest absolute Gasteiger partial charge is 0.274 e. The zero-order chi connectivity index (χ0) is 13.4. The molecule has 2 atom stereocenters. The average Bonchev–Trinajstić information content (AvgIpc) is 2.55. The van der Waals surface area contributed by atoms with Crippen LogP contribution in [-0.4, -0.2) is 11.8 Å². The van der Waals surface area contributed by atoms with E-state index in [1.54, 1.807) is 32.0 Å². The summed E-state index contributed by atoms with van der Waals surface area (Å²) in [4.78, 5) is 25.3. The van der Waals surface area contributed by atoms with Crippen LogP contribution in [0.15, 0.2) is 22.7 Å². The third-order valence-electron chi connectivity index (χ3n) is 3.29. The SMILES string of the molecule is CC1C(=O)N(c2ccc(Br)cc2C#N)C(=O)C1C. The van der Waals surface area contributed by atoms with Gasteiger partial charge in [-0.2, -0.15) is 5.26 Å². The summed E-state index contributed by atoms with van der Waals surface area (Å²) >= 11 is 3.26. The highest BCUT2D eigenvalue weighted by atomic mass is 79.9. The number of nitriles is 1. The average molecular weight is 307 g/mol. The van der Waals surface area contributed by atoms with Gasteiger partial charge >= 0.3 is 0 Å². The van der Waals surface area contributed by atoms with Gasteiger partial charge in [0, 0.05) is 16.3 Å². The first-order valence-corrected chi connectivity index (χ1v) is 6.34. The van der Waals surface area contributed by atoms with Crippen molar-refractivity contribution in [3.8, 4) is 6.07 Å². The minimum Gasteiger partial charge on any atom is -0.274 e. The molecule has 0 radical (unpaired) electrons. The van der Waals surface area contributed by atoms with Crippen LogP contribution < -0.4 is 4.90 Å². The van der Waals surface area contributed by atoms with Crippen LogP contribution in [-0.2, 0) is 9.59 Å². The number of imide groups is 1. The van der Waals surface area contributed by atoms with Crippen molar-refractivity contribution >= 4 is 33.4 Å². The van der Waals surface area contributed by atoms with E-state index in [4.69, 9.17) is 5.26 Å². The minimum absolute atomic E-state index is 0.244. The summed E-state index contributed by atoms with van der Waals surface area (Å²) in [6.07, 6.45) is 0. The van der Waals surface area contributed by atoms with Crippen LogP contribution in [0.4, 0.5) is 5.69 Å². The maximum absolute atomic E-state index is 12.1. The maximum atomic E-state index is 12.1. The van der Waals surface area contributed by atoms with Crippen molar-refractivity contribution in [2.45, 2.75) is 13.8 Å². The summed E-state index contributed by atoms with van der Waals surface area (Å²) < 4.78 is 0.739. The highest BCUT2D eigenvalue weighted by Gasteiger charge is 2.43. The Bertz CT molecular complexity index is 557. The summed E-state index contributed by atoms with van der Waals surface area (Å²) in [5.41, 5.74) is 0.680. The standard InChI is InChI=1S/C13H11BrN2O2/c1-7-8(2)13(18)16(12(7)17)11-4-3-10(14)5-9(11)6-15/h3-5,7-8H,1-2H3. The Morgan fingerprint density at radius 3 is 2.28 bits per heavy atom. The number of carbonyl (C=O) groups excluding carboxylic acids is 2. The van der Waals surface area contributed by atoms with Crippen molar-refractivity contribution in [1.29, 1.82) is 5.26 Å². The Hall–Kier alpha value is -1.67. The topological polar surface area (TPSA) is 61.2 Å². The van der Waals surface area contributed by atoms with E-state index < -0.39 is 0 Å². The fourth-order valence-electron chi connectivity index (χ4n) is 1.97. The van der Waals surface area contributed by atoms with Crippen molar-refractivity contribution in [3.63, 3.8) is 0 Å². The van der Waals surface area contributed by atoms with Crippen molar-refractivity contribution < 1.29 is 9.59 Å². The van der Waals surface area contributed by atoms with Crippen LogP contribution >= 0.6 is 15.9 Å². The smallest absolute Gasteiger partial charge is 0.237 e. The van der Waals surface area contributed by atoms with Crippen LogP contribution in [0.2, 0.25) is 0 Å². The van der Waals surface area contributed by atoms with Crippen LogP contribution in [0, 0.1) is 23.2 Å². The van der Waals surface area contributed by atoms with E-state index in [9.17, 15) is 9.59 Å². The Balaban J connectivity index is 2.54. The molecule has 1 aromatic carbocycles. The molecule has 0 bridgehead atoms. The van der Waals surface area contributed by atoms with Gasteiger partial charge in [0.25, 0.3) is 0 Å². The summed E-state index contributed by atoms with van der Waals surface area (Å²) in [6.45, 7) is 3.46. The Morgan fingerprint density at radius 2 is 1.78 bits per heavy atom. The Kier molecular flexibility index (Phi) is 3.22. The number of halogens is 1. The van der Waals surface area contributed by atoms with Gasteiger partial charge in [-0.3, -0.25) is 9.59 Å². The highest BCUT2D eigenvalue weighted by Crippen LogP contribution is 2.33. The third kappa shape index (κ3) is 1.83. The molecule has 1 aliphatic rings. The van der Waals surface area contributed by atoms with Crippen LogP contribution in [0.1, 0.15) is 19.4 Å². The molecule has 18 heavy (non-hydrogen) atoms. The number of nitrogens with zero attached hydrogens (tertiary/aromatic N) is 2. The summed E-state index contributed by atoms with van der Waals surface area (Å²) in [7, 11) is 0. The Morgan fingerprint density at radius 1 is 1.22 bits per heavy atom. The summed E-state index contributed by atoms with van der Waals surface area (Å²) in [6, 6.07) is 6.94. The zero-order valence-corrected chi connectivity index (χ0v) is 11.6. The van der Waals surface area contributed by atoms with E-state index in [2.05, 4.69) is 15.9 Å². The molecular formula is C13H11BrN2O2. The lowest BCUT2D eigenvalue weighted by Crippen LogP contribution is -2.31. The second-order valence-electron chi connectivity index (χ2n) is 4.36. The molecule has 5 heteroatoms. The molecule has 1 fully saturated rings. The van der Waals surface area contributed by atoms with Gasteiger partial charge in [0.15, 0.2) is 0 Å². The van der Waals surface area contributed by atoms with Crippen molar-refractivity contribution in [3.05, 3.63) is 28.2 Å². The fraction of sp³-hybridized carbons (Fsp3) is 0.308. The van der Waals surface area contributed by atoms with Gasteiger partial charge < -0.3 is 0 Å². The molecule has 1 aliphatic heterocycles. The lowest BCUT2D eigenvalue weighted by Gasteiger charge is -2.16. The lowest BCUT2D eigenvalue weighted by atomic mass is 10.00. The predicted octanol–water partition coefficient (Wildman–Crippen LogP) is 2.47. The van der Waals surface area contributed by atoms with Crippen molar-refractivity contribution in [2.24, 2.45) is 11.8 Å². The molecule has 4 nitrogen and oxygen atoms in total. The second kappa shape index (κ2) is 4.54. The molecule has 1 saturated heterocycles. The summed E-state index contributed by atoms with van der Waals surface area (Å²) in [5.74, 6) is -1.17. The molecule has 92 valence electrons. The molecular weight excluding hydrogens is 296 g/mol. The molecule has 0 saturated carbocycles. The summed E-state index contributed by atoms with van der Waals surface area (Å²) in [5, 5.41) is 9.09. The normalized spacial score (nSPS) is 23.3. The van der Waals surface area contributed by atoms with Crippen molar-refractivity contribution in [2.75, 3.05) is 4.90 Å². The van der Waals surface area contributed by atoms with E-state index in [0.29, 0.717) is 11.3 Å². The molecule has 2 amide bonds. The van der Waals surface area contributed by atoms with Crippen LogP contribution in [0.3, 0.4) is 0 Å². The molecule has 0 spiro atoms. The first-order valence-electron chi connectivity index (χ1n) is 5.55.